The van der Waals surface area contributed by atoms with Crippen LogP contribution in [0.15, 0.2) is 47.1 Å². The van der Waals surface area contributed by atoms with Crippen LogP contribution in [0.4, 0.5) is 0 Å². The van der Waals surface area contributed by atoms with Gasteiger partial charge in [-0.05, 0) is 69.1 Å². The van der Waals surface area contributed by atoms with E-state index >= 15 is 0 Å². The number of rotatable bonds is 8. The molecule has 7 aliphatic rings. The first-order chi connectivity index (χ1) is 29.5. The van der Waals surface area contributed by atoms with Crippen molar-refractivity contribution >= 4 is 5.97 Å². The van der Waals surface area contributed by atoms with E-state index < -0.39 is 90.8 Å². The Kier molecular flexibility index (Phi) is 15.3. The summed E-state index contributed by atoms with van der Waals surface area (Å²) in [5, 5.41) is 34.2. The van der Waals surface area contributed by atoms with Crippen molar-refractivity contribution in [3.63, 3.8) is 0 Å². The van der Waals surface area contributed by atoms with Gasteiger partial charge in [0.05, 0.1) is 49.3 Å². The number of aliphatic hydroxyl groups excluding tert-OH is 2. The molecule has 0 aromatic carbocycles. The minimum atomic E-state index is -1.82. The van der Waals surface area contributed by atoms with Crippen LogP contribution in [0.25, 0.3) is 0 Å². The van der Waals surface area contributed by atoms with Gasteiger partial charge in [-0.15, -0.1) is 0 Å². The Bertz CT molecular complexity index is 1680. The first kappa shape index (κ1) is 47.9. The summed E-state index contributed by atoms with van der Waals surface area (Å²) in [6.07, 6.45) is 6.53. The molecule has 350 valence electrons. The molecule has 3 N–H and O–H groups in total. The van der Waals surface area contributed by atoms with Gasteiger partial charge in [-0.25, -0.2) is 0 Å². The first-order valence-corrected chi connectivity index (χ1v) is 23.2. The minimum absolute atomic E-state index is 0.00708. The third kappa shape index (κ3) is 9.73. The van der Waals surface area contributed by atoms with Crippen LogP contribution in [-0.4, -0.2) is 139 Å². The number of carbonyl (C=O) groups excluding carboxylic acids is 1. The molecule has 1 aliphatic carbocycles. The third-order valence-corrected chi connectivity index (χ3v) is 14.9. The first-order valence-electron chi connectivity index (χ1n) is 23.2. The van der Waals surface area contributed by atoms with Gasteiger partial charge in [0, 0.05) is 52.2 Å². The molecule has 20 atom stereocenters. The monoisotopic (exact) mass is 875 g/mol. The van der Waals surface area contributed by atoms with Gasteiger partial charge in [-0.2, -0.15) is 0 Å². The Morgan fingerprint density at radius 2 is 1.63 bits per heavy atom. The third-order valence-electron chi connectivity index (χ3n) is 14.9. The Morgan fingerprint density at radius 3 is 2.35 bits per heavy atom. The van der Waals surface area contributed by atoms with E-state index in [0.717, 1.165) is 18.4 Å². The highest BCUT2D eigenvalue weighted by Crippen LogP contribution is 2.48. The van der Waals surface area contributed by atoms with Gasteiger partial charge in [0.1, 0.15) is 42.0 Å². The van der Waals surface area contributed by atoms with Gasteiger partial charge in [-0.3, -0.25) is 4.79 Å². The smallest absolute Gasteiger partial charge is 0.316 e. The van der Waals surface area contributed by atoms with Crippen LogP contribution in [0, 0.1) is 23.7 Å². The normalized spacial score (nSPS) is 49.4. The average molecular weight is 875 g/mol. The highest BCUT2D eigenvalue weighted by atomic mass is 16.7. The number of allylic oxidation sites excluding steroid dienone is 2. The number of aliphatic hydroxyl groups is 3. The Morgan fingerprint density at radius 1 is 0.919 bits per heavy atom. The maximum absolute atomic E-state index is 14.4. The molecule has 0 aromatic rings. The van der Waals surface area contributed by atoms with E-state index in [-0.39, 0.29) is 30.8 Å². The van der Waals surface area contributed by atoms with Gasteiger partial charge in [0.25, 0.3) is 0 Å². The molecule has 0 amide bonds. The van der Waals surface area contributed by atoms with Gasteiger partial charge in [0.15, 0.2) is 18.4 Å². The van der Waals surface area contributed by atoms with Gasteiger partial charge in [-0.1, -0.05) is 64.5 Å². The second-order valence-electron chi connectivity index (χ2n) is 19.4. The minimum Gasteiger partial charge on any atom is -0.462 e. The van der Waals surface area contributed by atoms with Crippen LogP contribution < -0.4 is 0 Å². The summed E-state index contributed by atoms with van der Waals surface area (Å²) in [6.45, 7) is 16.3. The predicted molar refractivity (Wildman–Crippen MR) is 227 cm³/mol. The zero-order valence-corrected chi connectivity index (χ0v) is 38.5. The molecule has 8 unspecified atom stereocenters. The van der Waals surface area contributed by atoms with Crippen LogP contribution in [0.2, 0.25) is 0 Å². The fourth-order valence-corrected chi connectivity index (χ4v) is 11.0. The van der Waals surface area contributed by atoms with E-state index in [1.54, 1.807) is 40.2 Å². The molecular formula is C48H74O14. The molecule has 6 aliphatic heterocycles. The molecule has 5 saturated heterocycles. The topological polar surface area (TPSA) is 170 Å². The average Bonchev–Trinajstić information content (AvgIpc) is 3.58. The number of carbonyl (C=O) groups is 1. The lowest BCUT2D eigenvalue weighted by Gasteiger charge is -2.51. The molecule has 2 bridgehead atoms. The van der Waals surface area contributed by atoms with E-state index in [2.05, 4.69) is 40.7 Å². The maximum Gasteiger partial charge on any atom is 0.316 e. The molecule has 14 nitrogen and oxygen atoms in total. The lowest BCUT2D eigenvalue weighted by molar-refractivity contribution is -0.340. The van der Waals surface area contributed by atoms with Crippen LogP contribution in [0.5, 0.6) is 0 Å². The van der Waals surface area contributed by atoms with Crippen molar-refractivity contribution in [2.24, 2.45) is 23.7 Å². The van der Waals surface area contributed by atoms with Gasteiger partial charge >= 0.3 is 5.97 Å². The summed E-state index contributed by atoms with van der Waals surface area (Å²) < 4.78 is 63.9. The largest absolute Gasteiger partial charge is 0.462 e. The molecule has 5 fully saturated rings. The van der Waals surface area contributed by atoms with E-state index in [1.165, 1.54) is 0 Å². The number of hydrogen-bond acceptors (Lipinski definition) is 14. The van der Waals surface area contributed by atoms with Gasteiger partial charge < -0.3 is 62.7 Å². The van der Waals surface area contributed by atoms with Crippen LogP contribution in [0.3, 0.4) is 0 Å². The maximum atomic E-state index is 14.4. The van der Waals surface area contributed by atoms with E-state index in [1.807, 2.05) is 19.1 Å². The molecular weight excluding hydrogens is 801 g/mol. The van der Waals surface area contributed by atoms with Crippen molar-refractivity contribution in [2.75, 3.05) is 20.8 Å². The van der Waals surface area contributed by atoms with Crippen LogP contribution >= 0.6 is 0 Å². The standard InChI is InChI=1S/C48H74O14/c1-11-25(2)43-28(5)17-18-47(62-43)23-34-20-33(61-47)16-15-27(4)42(26(3)13-12-14-32-24-55-45-40(49)29(6)19-35(46(51)58-34)48(32,45)52)59-39-22-37(54-10)44(31(8)57-39)60-38-21-36(53-9)41(50)30(7)56-38/h12-15,19,25-26,28,30-31,33-45,49-50,52H,11,16-18,20-24H2,1-10H3/b13-12+,27-15+,32-14+/t25-,26-,28-,30?,31?,33+,34-,35-,36?,37?,38?,39?,40+,41?,42-,43+,44?,45+,47+,48+/m0/s1. The molecule has 7 rings (SSSR count). The SMILES string of the molecule is CC[C@H](C)[C@H]1O[C@]2(CC[C@@H]1C)C[C@@H]1C[C@@H](C/C=C(\C)[C@@H](OC3CC(OC)C(OC4CC(OC)C(O)C(C)O4)C(C)O3)[C@@H](C)/C=C/C=C3\CO[C@@H]4[C@H](O)C(C)=C[C@@H](C(=O)O1)[C@]34O)O2. The summed E-state index contributed by atoms with van der Waals surface area (Å²) in [5.41, 5.74) is 0.188. The van der Waals surface area contributed by atoms with E-state index in [0.29, 0.717) is 61.5 Å². The summed E-state index contributed by atoms with van der Waals surface area (Å²) in [6, 6.07) is 0. The number of methoxy groups -OCH3 is 2. The van der Waals surface area contributed by atoms with Crippen molar-refractivity contribution in [1.29, 1.82) is 0 Å². The van der Waals surface area contributed by atoms with Gasteiger partial charge in [0.2, 0.25) is 0 Å². The number of fused-ring (bicyclic) bond motifs is 2. The second-order valence-corrected chi connectivity index (χ2v) is 19.4. The fourth-order valence-electron chi connectivity index (χ4n) is 11.0. The fraction of sp³-hybridized carbons (Fsp3) is 0.812. The zero-order valence-electron chi connectivity index (χ0n) is 38.5. The van der Waals surface area contributed by atoms with Crippen molar-refractivity contribution in [3.8, 4) is 0 Å². The van der Waals surface area contributed by atoms with Crippen molar-refractivity contribution < 1.29 is 67.5 Å². The summed E-state index contributed by atoms with van der Waals surface area (Å²) in [4.78, 5) is 14.4. The molecule has 14 heteroatoms. The van der Waals surface area contributed by atoms with E-state index in [9.17, 15) is 20.1 Å². The summed E-state index contributed by atoms with van der Waals surface area (Å²) in [5.74, 6) is -2.10. The Hall–Kier alpha value is -2.05. The highest BCUT2D eigenvalue weighted by molar-refractivity contribution is 5.78. The Labute approximate surface area is 368 Å². The molecule has 62 heavy (non-hydrogen) atoms. The van der Waals surface area contributed by atoms with Crippen LogP contribution in [0.1, 0.15) is 107 Å². The summed E-state index contributed by atoms with van der Waals surface area (Å²) in [7, 11) is 3.23. The molecule has 0 aromatic heterocycles. The van der Waals surface area contributed by atoms with Crippen molar-refractivity contribution in [2.45, 2.75) is 204 Å². The lowest BCUT2D eigenvalue weighted by atomic mass is 9.71. The number of hydrogen-bond donors (Lipinski definition) is 3. The van der Waals surface area contributed by atoms with Crippen molar-refractivity contribution in [3.05, 3.63) is 47.1 Å². The number of esters is 1. The molecule has 0 radical (unpaired) electrons. The second kappa shape index (κ2) is 19.8. The van der Waals surface area contributed by atoms with Crippen LogP contribution in [-0.2, 0) is 52.2 Å². The molecule has 6 heterocycles. The van der Waals surface area contributed by atoms with Crippen molar-refractivity contribution in [1.82, 2.24) is 0 Å². The predicted octanol–water partition coefficient (Wildman–Crippen LogP) is 5.60. The zero-order chi connectivity index (χ0) is 44.7. The summed E-state index contributed by atoms with van der Waals surface area (Å²) >= 11 is 0. The Balaban J connectivity index is 1.18. The molecule has 1 spiro atoms. The quantitative estimate of drug-likeness (QED) is 0.204. The lowest BCUT2D eigenvalue weighted by Crippen LogP contribution is -2.58. The molecule has 0 saturated carbocycles. The number of ether oxygens (including phenoxy) is 10. The van der Waals surface area contributed by atoms with E-state index in [4.69, 9.17) is 47.4 Å². The highest BCUT2D eigenvalue weighted by Gasteiger charge is 2.60.